The number of nitrogens with one attached hydrogen (secondary N) is 1. The standard InChI is InChI=1S/C13H15ClF3N3O.ClH/c14-10-2-1-9(13(15,16)17)5-11(10)19-12(21)20-4-3-8(6-18)7-20;/h1-2,5,8H,3-4,6-7,18H2,(H,19,21);1H. The number of rotatable bonds is 2. The molecule has 0 bridgehead atoms. The lowest BCUT2D eigenvalue weighted by Gasteiger charge is -2.18. The molecule has 3 N–H and O–H groups in total. The molecule has 1 fully saturated rings. The van der Waals surface area contributed by atoms with Gasteiger partial charge in [-0.2, -0.15) is 13.2 Å². The Balaban J connectivity index is 0.00000242. The summed E-state index contributed by atoms with van der Waals surface area (Å²) in [6.45, 7) is 1.51. The molecule has 4 nitrogen and oxygen atoms in total. The molecule has 1 unspecified atom stereocenters. The summed E-state index contributed by atoms with van der Waals surface area (Å²) in [5.74, 6) is 0.229. The smallest absolute Gasteiger partial charge is 0.330 e. The van der Waals surface area contributed by atoms with Gasteiger partial charge in [0.15, 0.2) is 0 Å². The molecule has 0 aliphatic carbocycles. The zero-order chi connectivity index (χ0) is 15.6. The highest BCUT2D eigenvalue weighted by molar-refractivity contribution is 6.33. The summed E-state index contributed by atoms with van der Waals surface area (Å²) in [6.07, 6.45) is -3.69. The van der Waals surface area contributed by atoms with E-state index in [1.54, 1.807) is 0 Å². The summed E-state index contributed by atoms with van der Waals surface area (Å²) in [5, 5.41) is 2.48. The Kier molecular flexibility index (Phi) is 6.34. The molecule has 1 atom stereocenters. The number of likely N-dealkylation sites (tertiary alicyclic amines) is 1. The van der Waals surface area contributed by atoms with Crippen LogP contribution < -0.4 is 11.1 Å². The first-order valence-electron chi connectivity index (χ1n) is 6.44. The number of halogens is 5. The molecule has 1 aromatic rings. The van der Waals surface area contributed by atoms with E-state index < -0.39 is 17.8 Å². The van der Waals surface area contributed by atoms with Crippen molar-refractivity contribution in [2.24, 2.45) is 11.7 Å². The van der Waals surface area contributed by atoms with Gasteiger partial charge in [-0.15, -0.1) is 12.4 Å². The number of benzene rings is 1. The fraction of sp³-hybridized carbons (Fsp3) is 0.462. The summed E-state index contributed by atoms with van der Waals surface area (Å²) >= 11 is 5.83. The molecule has 1 aromatic carbocycles. The van der Waals surface area contributed by atoms with E-state index in [-0.39, 0.29) is 29.0 Å². The van der Waals surface area contributed by atoms with E-state index in [1.165, 1.54) is 4.90 Å². The third kappa shape index (κ3) is 4.41. The number of nitrogens with two attached hydrogens (primary N) is 1. The lowest BCUT2D eigenvalue weighted by Crippen LogP contribution is -2.33. The second-order valence-electron chi connectivity index (χ2n) is 4.96. The molecular weight excluding hydrogens is 342 g/mol. The molecule has 2 amide bonds. The van der Waals surface area contributed by atoms with Crippen molar-refractivity contribution in [3.63, 3.8) is 0 Å². The maximum Gasteiger partial charge on any atom is 0.416 e. The number of alkyl halides is 3. The fourth-order valence-electron chi connectivity index (χ4n) is 2.20. The van der Waals surface area contributed by atoms with Crippen molar-refractivity contribution >= 4 is 35.7 Å². The molecule has 0 spiro atoms. The van der Waals surface area contributed by atoms with Crippen LogP contribution in [0.5, 0.6) is 0 Å². The SMILES string of the molecule is Cl.NCC1CCN(C(=O)Nc2cc(C(F)(F)F)ccc2Cl)C1. The Morgan fingerprint density at radius 1 is 1.45 bits per heavy atom. The minimum absolute atomic E-state index is 0. The third-order valence-electron chi connectivity index (χ3n) is 3.44. The van der Waals surface area contributed by atoms with Gasteiger partial charge in [0.05, 0.1) is 16.3 Å². The van der Waals surface area contributed by atoms with Crippen molar-refractivity contribution in [2.75, 3.05) is 25.0 Å². The molecule has 1 aliphatic heterocycles. The van der Waals surface area contributed by atoms with Crippen LogP contribution in [0.4, 0.5) is 23.7 Å². The summed E-state index contributed by atoms with van der Waals surface area (Å²) in [6, 6.07) is 2.36. The maximum atomic E-state index is 12.7. The van der Waals surface area contributed by atoms with Crippen LogP contribution in [0.15, 0.2) is 18.2 Å². The second-order valence-corrected chi connectivity index (χ2v) is 5.37. The van der Waals surface area contributed by atoms with E-state index in [9.17, 15) is 18.0 Å². The minimum Gasteiger partial charge on any atom is -0.330 e. The Morgan fingerprint density at radius 3 is 2.68 bits per heavy atom. The van der Waals surface area contributed by atoms with Gasteiger partial charge in [0.1, 0.15) is 0 Å². The number of hydrogen-bond donors (Lipinski definition) is 2. The van der Waals surface area contributed by atoms with E-state index in [0.29, 0.717) is 19.6 Å². The highest BCUT2D eigenvalue weighted by Gasteiger charge is 2.31. The molecule has 1 saturated heterocycles. The van der Waals surface area contributed by atoms with Gasteiger partial charge < -0.3 is 16.0 Å². The number of amides is 2. The van der Waals surface area contributed by atoms with Crippen LogP contribution in [0.25, 0.3) is 0 Å². The van der Waals surface area contributed by atoms with E-state index in [1.807, 2.05) is 0 Å². The molecule has 22 heavy (non-hydrogen) atoms. The predicted molar refractivity (Wildman–Crippen MR) is 81.5 cm³/mol. The first-order chi connectivity index (χ1) is 9.81. The number of urea groups is 1. The van der Waals surface area contributed by atoms with Gasteiger partial charge in [0, 0.05) is 13.1 Å². The van der Waals surface area contributed by atoms with Gasteiger partial charge in [0.2, 0.25) is 0 Å². The van der Waals surface area contributed by atoms with Crippen molar-refractivity contribution < 1.29 is 18.0 Å². The van der Waals surface area contributed by atoms with Crippen molar-refractivity contribution in [1.29, 1.82) is 0 Å². The summed E-state index contributed by atoms with van der Waals surface area (Å²) < 4.78 is 38.0. The Hall–Kier alpha value is -1.18. The Labute approximate surface area is 137 Å². The summed E-state index contributed by atoms with van der Waals surface area (Å²) in [7, 11) is 0. The van der Waals surface area contributed by atoms with Gasteiger partial charge in [0.25, 0.3) is 0 Å². The largest absolute Gasteiger partial charge is 0.416 e. The molecule has 124 valence electrons. The van der Waals surface area contributed by atoms with Crippen LogP contribution in [0.1, 0.15) is 12.0 Å². The maximum absolute atomic E-state index is 12.7. The molecule has 0 radical (unpaired) electrons. The van der Waals surface area contributed by atoms with E-state index in [2.05, 4.69) is 5.32 Å². The number of anilines is 1. The first kappa shape index (κ1) is 18.9. The Morgan fingerprint density at radius 2 is 2.14 bits per heavy atom. The quantitative estimate of drug-likeness (QED) is 0.849. The second kappa shape index (κ2) is 7.39. The highest BCUT2D eigenvalue weighted by atomic mass is 35.5. The molecular formula is C13H16Cl2F3N3O. The molecule has 0 aromatic heterocycles. The number of nitrogens with zero attached hydrogens (tertiary/aromatic N) is 1. The number of carbonyl (C=O) groups excluding carboxylic acids is 1. The molecule has 1 heterocycles. The minimum atomic E-state index is -4.48. The van der Waals surface area contributed by atoms with Crippen molar-refractivity contribution in [2.45, 2.75) is 12.6 Å². The van der Waals surface area contributed by atoms with Crippen LogP contribution >= 0.6 is 24.0 Å². The predicted octanol–water partition coefficient (Wildman–Crippen LogP) is 3.59. The van der Waals surface area contributed by atoms with E-state index in [0.717, 1.165) is 24.6 Å². The highest BCUT2D eigenvalue weighted by Crippen LogP contribution is 2.34. The topological polar surface area (TPSA) is 58.4 Å². The normalized spacial score (nSPS) is 18.0. The van der Waals surface area contributed by atoms with Gasteiger partial charge in [-0.05, 0) is 37.1 Å². The number of carbonyl (C=O) groups is 1. The van der Waals surface area contributed by atoms with Gasteiger partial charge in [-0.3, -0.25) is 0 Å². The summed E-state index contributed by atoms with van der Waals surface area (Å²) in [5.41, 5.74) is 4.63. The molecule has 2 rings (SSSR count). The lowest BCUT2D eigenvalue weighted by molar-refractivity contribution is -0.137. The van der Waals surface area contributed by atoms with Gasteiger partial charge in [-0.1, -0.05) is 11.6 Å². The third-order valence-corrected chi connectivity index (χ3v) is 3.77. The van der Waals surface area contributed by atoms with Crippen LogP contribution in [-0.4, -0.2) is 30.6 Å². The van der Waals surface area contributed by atoms with Crippen LogP contribution in [0.2, 0.25) is 5.02 Å². The van der Waals surface area contributed by atoms with Crippen LogP contribution in [0, 0.1) is 5.92 Å². The number of hydrogen-bond acceptors (Lipinski definition) is 2. The molecule has 0 saturated carbocycles. The van der Waals surface area contributed by atoms with Crippen molar-refractivity contribution in [3.8, 4) is 0 Å². The van der Waals surface area contributed by atoms with Crippen molar-refractivity contribution in [1.82, 2.24) is 4.90 Å². The van der Waals surface area contributed by atoms with Crippen LogP contribution in [-0.2, 0) is 6.18 Å². The van der Waals surface area contributed by atoms with Gasteiger partial charge >= 0.3 is 12.2 Å². The van der Waals surface area contributed by atoms with E-state index in [4.69, 9.17) is 17.3 Å². The average molecular weight is 358 g/mol. The lowest BCUT2D eigenvalue weighted by atomic mass is 10.1. The molecule has 9 heteroatoms. The first-order valence-corrected chi connectivity index (χ1v) is 6.82. The fourth-order valence-corrected chi connectivity index (χ4v) is 2.37. The van der Waals surface area contributed by atoms with Crippen LogP contribution in [0.3, 0.4) is 0 Å². The van der Waals surface area contributed by atoms with E-state index >= 15 is 0 Å². The van der Waals surface area contributed by atoms with Crippen molar-refractivity contribution in [3.05, 3.63) is 28.8 Å². The average Bonchev–Trinajstić information content (AvgIpc) is 2.88. The zero-order valence-electron chi connectivity index (χ0n) is 11.5. The monoisotopic (exact) mass is 357 g/mol. The Bertz CT molecular complexity index is 540. The molecule has 1 aliphatic rings. The summed E-state index contributed by atoms with van der Waals surface area (Å²) in [4.78, 5) is 13.5. The zero-order valence-corrected chi connectivity index (χ0v) is 13.1. The van der Waals surface area contributed by atoms with Gasteiger partial charge in [-0.25, -0.2) is 4.79 Å².